The number of hydrogen-bond acceptors (Lipinski definition) is 5. The molecule has 0 bridgehead atoms. The van der Waals surface area contributed by atoms with E-state index in [1.807, 2.05) is 74.5 Å². The van der Waals surface area contributed by atoms with Gasteiger partial charge in [0.05, 0.1) is 18.6 Å². The highest BCUT2D eigenvalue weighted by atomic mass is 32.2. The summed E-state index contributed by atoms with van der Waals surface area (Å²) in [6.45, 7) is 4.88. The van der Waals surface area contributed by atoms with Crippen LogP contribution < -0.4 is 14.4 Å². The van der Waals surface area contributed by atoms with Crippen molar-refractivity contribution in [3.63, 3.8) is 0 Å². The van der Waals surface area contributed by atoms with Gasteiger partial charge in [0.25, 0.3) is 0 Å². The number of sulfonamides is 1. The van der Waals surface area contributed by atoms with Crippen LogP contribution in [-0.4, -0.2) is 57.1 Å². The maximum absolute atomic E-state index is 13.8. The molecule has 1 N–H and O–H groups in total. The van der Waals surface area contributed by atoms with Crippen molar-refractivity contribution in [1.29, 1.82) is 0 Å². The van der Waals surface area contributed by atoms with Crippen LogP contribution in [0.2, 0.25) is 0 Å². The third kappa shape index (κ3) is 8.84. The van der Waals surface area contributed by atoms with Crippen molar-refractivity contribution in [2.75, 3.05) is 30.3 Å². The van der Waals surface area contributed by atoms with E-state index in [2.05, 4.69) is 5.32 Å². The van der Waals surface area contributed by atoms with Gasteiger partial charge in [-0.05, 0) is 43.5 Å². The maximum atomic E-state index is 13.8. The van der Waals surface area contributed by atoms with E-state index in [0.717, 1.165) is 17.4 Å². The number of amides is 2. The highest BCUT2D eigenvalue weighted by Crippen LogP contribution is 2.30. The second-order valence-electron chi connectivity index (χ2n) is 9.45. The lowest BCUT2D eigenvalue weighted by atomic mass is 10.0. The highest BCUT2D eigenvalue weighted by Gasteiger charge is 2.30. The van der Waals surface area contributed by atoms with E-state index in [4.69, 9.17) is 4.74 Å². The van der Waals surface area contributed by atoms with Gasteiger partial charge in [-0.3, -0.25) is 13.9 Å². The van der Waals surface area contributed by atoms with Crippen molar-refractivity contribution >= 4 is 27.5 Å². The molecule has 1 unspecified atom stereocenters. The average Bonchev–Trinajstić information content (AvgIpc) is 2.94. The lowest BCUT2D eigenvalue weighted by molar-refractivity contribution is -0.141. The molecule has 1 atom stereocenters. The Morgan fingerprint density at radius 1 is 0.875 bits per heavy atom. The summed E-state index contributed by atoms with van der Waals surface area (Å²) in [4.78, 5) is 28.7. The van der Waals surface area contributed by atoms with Gasteiger partial charge in [-0.2, -0.15) is 0 Å². The first-order valence-corrected chi connectivity index (χ1v) is 15.4. The number of carbonyl (C=O) groups excluding carboxylic acids is 2. The molecule has 0 aliphatic carbocycles. The number of hydrogen-bond donors (Lipinski definition) is 1. The van der Waals surface area contributed by atoms with Gasteiger partial charge >= 0.3 is 0 Å². The standard InChI is InChI=1S/C31H39N3O5S/c1-4-32-31(36)28(23-25-15-8-6-9-16-25)33(24-26-17-10-7-11-18-26)30(35)21-14-22-34(40(3,37)38)27-19-12-13-20-29(27)39-5-2/h6-13,15-20,28H,4-5,14,21-24H2,1-3H3,(H,32,36). The number of ether oxygens (including phenoxy) is 1. The van der Waals surface area contributed by atoms with Crippen LogP contribution in [0, 0.1) is 0 Å². The van der Waals surface area contributed by atoms with Crippen LogP contribution in [0.25, 0.3) is 0 Å². The van der Waals surface area contributed by atoms with E-state index in [1.165, 1.54) is 4.31 Å². The second-order valence-corrected chi connectivity index (χ2v) is 11.4. The molecule has 3 aromatic carbocycles. The summed E-state index contributed by atoms with van der Waals surface area (Å²) >= 11 is 0. The van der Waals surface area contributed by atoms with Crippen molar-refractivity contribution in [3.8, 4) is 5.75 Å². The van der Waals surface area contributed by atoms with Crippen molar-refractivity contribution in [2.24, 2.45) is 0 Å². The molecule has 0 heterocycles. The van der Waals surface area contributed by atoms with Gasteiger partial charge in [0.15, 0.2) is 0 Å². The van der Waals surface area contributed by atoms with Gasteiger partial charge in [-0.25, -0.2) is 8.42 Å². The molecule has 2 amide bonds. The summed E-state index contributed by atoms with van der Waals surface area (Å²) in [5, 5.41) is 2.89. The van der Waals surface area contributed by atoms with Gasteiger partial charge in [-0.15, -0.1) is 0 Å². The summed E-state index contributed by atoms with van der Waals surface area (Å²) in [6, 6.07) is 25.4. The molecule has 3 rings (SSSR count). The molecule has 40 heavy (non-hydrogen) atoms. The molecule has 0 aliphatic rings. The number of nitrogens with zero attached hydrogens (tertiary/aromatic N) is 2. The van der Waals surface area contributed by atoms with Crippen LogP contribution in [0.1, 0.15) is 37.8 Å². The van der Waals surface area contributed by atoms with Crippen LogP contribution in [-0.2, 0) is 32.6 Å². The van der Waals surface area contributed by atoms with Crippen molar-refractivity contribution < 1.29 is 22.7 Å². The Morgan fingerprint density at radius 3 is 2.08 bits per heavy atom. The van der Waals surface area contributed by atoms with Gasteiger partial charge in [0.1, 0.15) is 11.8 Å². The average molecular weight is 566 g/mol. The molecule has 0 aromatic heterocycles. The number of carbonyl (C=O) groups is 2. The topological polar surface area (TPSA) is 96.0 Å². The van der Waals surface area contributed by atoms with E-state index in [0.29, 0.717) is 31.0 Å². The fourth-order valence-electron chi connectivity index (χ4n) is 4.55. The number of likely N-dealkylation sites (N-methyl/N-ethyl adjacent to an activating group) is 1. The molecule has 0 saturated heterocycles. The second kappa shape index (κ2) is 15.1. The third-order valence-corrected chi connectivity index (χ3v) is 7.58. The zero-order chi connectivity index (χ0) is 29.0. The highest BCUT2D eigenvalue weighted by molar-refractivity contribution is 7.92. The summed E-state index contributed by atoms with van der Waals surface area (Å²) in [5.74, 6) is 0.0215. The quantitative estimate of drug-likeness (QED) is 0.295. The van der Waals surface area contributed by atoms with Crippen LogP contribution in [0.5, 0.6) is 5.75 Å². The van der Waals surface area contributed by atoms with Crippen molar-refractivity contribution in [1.82, 2.24) is 10.2 Å². The lowest BCUT2D eigenvalue weighted by Gasteiger charge is -2.32. The molecule has 0 saturated carbocycles. The largest absolute Gasteiger partial charge is 0.492 e. The molecule has 8 nitrogen and oxygen atoms in total. The maximum Gasteiger partial charge on any atom is 0.243 e. The normalized spacial score (nSPS) is 11.9. The summed E-state index contributed by atoms with van der Waals surface area (Å²) < 4.78 is 32.4. The van der Waals surface area contributed by atoms with E-state index >= 15 is 0 Å². The number of rotatable bonds is 15. The lowest BCUT2D eigenvalue weighted by Crippen LogP contribution is -2.50. The Hall–Kier alpha value is -3.85. The van der Waals surface area contributed by atoms with Crippen molar-refractivity contribution in [2.45, 2.75) is 45.7 Å². The van der Waals surface area contributed by atoms with Gasteiger partial charge in [-0.1, -0.05) is 72.8 Å². The Kier molecular flexibility index (Phi) is 11.6. The van der Waals surface area contributed by atoms with Gasteiger partial charge < -0.3 is 15.0 Å². The smallest absolute Gasteiger partial charge is 0.243 e. The summed E-state index contributed by atoms with van der Waals surface area (Å²) in [5.41, 5.74) is 2.28. The van der Waals surface area contributed by atoms with Gasteiger partial charge in [0, 0.05) is 32.5 Å². The Labute approximate surface area is 238 Å². The Morgan fingerprint density at radius 2 is 1.48 bits per heavy atom. The number of benzene rings is 3. The number of anilines is 1. The molecular weight excluding hydrogens is 526 g/mol. The first-order valence-electron chi connectivity index (χ1n) is 13.6. The van der Waals surface area contributed by atoms with Crippen molar-refractivity contribution in [3.05, 3.63) is 96.1 Å². The zero-order valence-corrected chi connectivity index (χ0v) is 24.3. The molecule has 0 radical (unpaired) electrons. The minimum Gasteiger partial charge on any atom is -0.492 e. The summed E-state index contributed by atoms with van der Waals surface area (Å²) in [7, 11) is -3.64. The zero-order valence-electron chi connectivity index (χ0n) is 23.5. The van der Waals surface area contributed by atoms with E-state index < -0.39 is 16.1 Å². The molecule has 0 aliphatic heterocycles. The summed E-state index contributed by atoms with van der Waals surface area (Å²) in [6.07, 6.45) is 1.85. The SMILES string of the molecule is CCNC(=O)C(Cc1ccccc1)N(Cc1ccccc1)C(=O)CCCN(c1ccccc1OCC)S(C)(=O)=O. The monoisotopic (exact) mass is 565 g/mol. The van der Waals surface area contributed by atoms with Crippen LogP contribution in [0.3, 0.4) is 0 Å². The fraction of sp³-hybridized carbons (Fsp3) is 0.355. The van der Waals surface area contributed by atoms with Crippen LogP contribution in [0.15, 0.2) is 84.9 Å². The fourth-order valence-corrected chi connectivity index (χ4v) is 5.52. The van der Waals surface area contributed by atoms with Crippen LogP contribution >= 0.6 is 0 Å². The molecule has 9 heteroatoms. The predicted molar refractivity (Wildman–Crippen MR) is 159 cm³/mol. The third-order valence-electron chi connectivity index (χ3n) is 6.40. The van der Waals surface area contributed by atoms with E-state index in [1.54, 1.807) is 29.2 Å². The van der Waals surface area contributed by atoms with Crippen LogP contribution in [0.4, 0.5) is 5.69 Å². The Bertz CT molecular complexity index is 1330. The predicted octanol–water partition coefficient (Wildman–Crippen LogP) is 4.41. The van der Waals surface area contributed by atoms with E-state index in [9.17, 15) is 18.0 Å². The number of para-hydroxylation sites is 2. The molecular formula is C31H39N3O5S. The first-order chi connectivity index (χ1) is 19.2. The number of nitrogens with one attached hydrogen (secondary N) is 1. The first kappa shape index (κ1) is 30.7. The minimum absolute atomic E-state index is 0.0698. The van der Waals surface area contributed by atoms with E-state index in [-0.39, 0.29) is 37.7 Å². The molecule has 0 spiro atoms. The molecule has 214 valence electrons. The Balaban J connectivity index is 1.85. The molecule has 0 fully saturated rings. The minimum atomic E-state index is -3.64. The van der Waals surface area contributed by atoms with Gasteiger partial charge in [0.2, 0.25) is 21.8 Å². The molecule has 3 aromatic rings.